The van der Waals surface area contributed by atoms with E-state index in [2.05, 4.69) is 10.5 Å². The molecule has 0 saturated carbocycles. The summed E-state index contributed by atoms with van der Waals surface area (Å²) in [6.07, 6.45) is 1.46. The molecule has 132 valence electrons. The Morgan fingerprint density at radius 2 is 1.64 bits per heavy atom. The van der Waals surface area contributed by atoms with Gasteiger partial charge in [0.1, 0.15) is 0 Å². The van der Waals surface area contributed by atoms with E-state index >= 15 is 0 Å². The fourth-order valence-corrected chi connectivity index (χ4v) is 2.34. The Labute approximate surface area is 155 Å². The molecule has 0 bridgehead atoms. The van der Waals surface area contributed by atoms with Crippen LogP contribution in [0.15, 0.2) is 35.4 Å². The van der Waals surface area contributed by atoms with E-state index in [1.54, 1.807) is 24.3 Å². The fourth-order valence-electron chi connectivity index (χ4n) is 2.04. The first-order valence-electron chi connectivity index (χ1n) is 7.08. The van der Waals surface area contributed by atoms with Gasteiger partial charge in [-0.05, 0) is 30.3 Å². The first-order valence-corrected chi connectivity index (χ1v) is 7.84. The highest BCUT2D eigenvalue weighted by Crippen LogP contribution is 2.37. The van der Waals surface area contributed by atoms with Crippen molar-refractivity contribution in [3.8, 4) is 17.2 Å². The van der Waals surface area contributed by atoms with Gasteiger partial charge in [0, 0.05) is 11.1 Å². The predicted molar refractivity (Wildman–Crippen MR) is 97.6 cm³/mol. The Balaban J connectivity index is 2.16. The van der Waals surface area contributed by atoms with Crippen LogP contribution in [0.25, 0.3) is 0 Å². The molecule has 1 amide bonds. The molecule has 2 aromatic carbocycles. The predicted octanol–water partition coefficient (Wildman–Crippen LogP) is 3.78. The van der Waals surface area contributed by atoms with E-state index in [0.29, 0.717) is 38.4 Å². The van der Waals surface area contributed by atoms with E-state index in [1.807, 2.05) is 0 Å². The molecule has 0 saturated heterocycles. The molecule has 0 heterocycles. The summed E-state index contributed by atoms with van der Waals surface area (Å²) in [5.41, 5.74) is 3.41. The number of carbonyl (C=O) groups excluding carboxylic acids is 1. The van der Waals surface area contributed by atoms with Gasteiger partial charge in [0.25, 0.3) is 5.91 Å². The molecule has 0 spiro atoms. The van der Waals surface area contributed by atoms with Crippen molar-refractivity contribution in [2.24, 2.45) is 5.10 Å². The average molecular weight is 383 g/mol. The third-order valence-electron chi connectivity index (χ3n) is 3.25. The van der Waals surface area contributed by atoms with Crippen molar-refractivity contribution in [3.63, 3.8) is 0 Å². The van der Waals surface area contributed by atoms with Crippen LogP contribution in [0.5, 0.6) is 17.2 Å². The van der Waals surface area contributed by atoms with Crippen molar-refractivity contribution in [2.45, 2.75) is 0 Å². The molecule has 1 N–H and O–H groups in total. The van der Waals surface area contributed by atoms with Gasteiger partial charge in [-0.15, -0.1) is 0 Å². The monoisotopic (exact) mass is 382 g/mol. The number of methoxy groups -OCH3 is 3. The molecule has 0 unspecified atom stereocenters. The van der Waals surface area contributed by atoms with Crippen LogP contribution < -0.4 is 19.6 Å². The number of benzene rings is 2. The van der Waals surface area contributed by atoms with E-state index in [9.17, 15) is 4.79 Å². The Morgan fingerprint density at radius 1 is 1.00 bits per heavy atom. The second-order valence-corrected chi connectivity index (χ2v) is 5.60. The van der Waals surface area contributed by atoms with Crippen molar-refractivity contribution >= 4 is 35.3 Å². The van der Waals surface area contributed by atoms with Crippen LogP contribution in [0.1, 0.15) is 15.9 Å². The maximum absolute atomic E-state index is 12.0. The van der Waals surface area contributed by atoms with Gasteiger partial charge in [-0.1, -0.05) is 23.2 Å². The minimum atomic E-state index is -0.415. The van der Waals surface area contributed by atoms with Gasteiger partial charge in [-0.2, -0.15) is 5.10 Å². The normalized spacial score (nSPS) is 10.6. The second-order valence-electron chi connectivity index (χ2n) is 4.79. The minimum absolute atomic E-state index is 0.294. The molecule has 0 atom stereocenters. The van der Waals surface area contributed by atoms with Crippen LogP contribution in [-0.4, -0.2) is 33.5 Å². The zero-order chi connectivity index (χ0) is 18.4. The molecule has 2 aromatic rings. The Morgan fingerprint density at radius 3 is 2.16 bits per heavy atom. The maximum atomic E-state index is 12.0. The Bertz CT molecular complexity index is 784. The van der Waals surface area contributed by atoms with Gasteiger partial charge in [0.05, 0.1) is 37.6 Å². The van der Waals surface area contributed by atoms with Crippen molar-refractivity contribution in [1.29, 1.82) is 0 Å². The summed E-state index contributed by atoms with van der Waals surface area (Å²) in [6.45, 7) is 0. The summed E-state index contributed by atoms with van der Waals surface area (Å²) < 4.78 is 15.8. The van der Waals surface area contributed by atoms with Crippen LogP contribution in [-0.2, 0) is 0 Å². The Hall–Kier alpha value is -2.44. The smallest absolute Gasteiger partial charge is 0.271 e. The molecule has 0 radical (unpaired) electrons. The van der Waals surface area contributed by atoms with E-state index < -0.39 is 5.91 Å². The standard InChI is InChI=1S/C17H16Cl2N2O4/c1-23-14-6-10(7-15(24-2)16(14)25-3)9-20-21-17(22)11-4-5-12(18)13(19)8-11/h4-9H,1-3H3,(H,21,22). The zero-order valence-electron chi connectivity index (χ0n) is 13.8. The molecule has 0 aromatic heterocycles. The molecule has 0 aliphatic heterocycles. The molecular weight excluding hydrogens is 367 g/mol. The SMILES string of the molecule is COc1cc(C=NNC(=O)c2ccc(Cl)c(Cl)c2)cc(OC)c1OC. The molecule has 0 fully saturated rings. The van der Waals surface area contributed by atoms with E-state index in [1.165, 1.54) is 33.6 Å². The lowest BCUT2D eigenvalue weighted by Gasteiger charge is -2.12. The number of hydrazone groups is 1. The summed E-state index contributed by atoms with van der Waals surface area (Å²) in [5, 5.41) is 4.59. The quantitative estimate of drug-likeness (QED) is 0.609. The molecule has 25 heavy (non-hydrogen) atoms. The highest BCUT2D eigenvalue weighted by molar-refractivity contribution is 6.42. The number of ether oxygens (including phenoxy) is 3. The van der Waals surface area contributed by atoms with E-state index in [0.717, 1.165) is 0 Å². The zero-order valence-corrected chi connectivity index (χ0v) is 15.3. The van der Waals surface area contributed by atoms with Gasteiger partial charge in [-0.25, -0.2) is 5.43 Å². The average Bonchev–Trinajstić information content (AvgIpc) is 2.62. The van der Waals surface area contributed by atoms with Gasteiger partial charge in [0.15, 0.2) is 11.5 Å². The van der Waals surface area contributed by atoms with Crippen LogP contribution in [0, 0.1) is 0 Å². The van der Waals surface area contributed by atoms with Gasteiger partial charge < -0.3 is 14.2 Å². The highest BCUT2D eigenvalue weighted by Gasteiger charge is 2.12. The third-order valence-corrected chi connectivity index (χ3v) is 3.99. The second kappa shape index (κ2) is 8.60. The summed E-state index contributed by atoms with van der Waals surface area (Å²) in [5.74, 6) is 1.03. The third kappa shape index (κ3) is 4.55. The molecule has 0 aliphatic rings. The largest absolute Gasteiger partial charge is 0.493 e. The number of amides is 1. The highest BCUT2D eigenvalue weighted by atomic mass is 35.5. The summed E-state index contributed by atoms with van der Waals surface area (Å²) in [4.78, 5) is 12.0. The van der Waals surface area contributed by atoms with Crippen molar-refractivity contribution < 1.29 is 19.0 Å². The fraction of sp³-hybridized carbons (Fsp3) is 0.176. The van der Waals surface area contributed by atoms with E-state index in [4.69, 9.17) is 37.4 Å². The van der Waals surface area contributed by atoms with Crippen LogP contribution in [0.3, 0.4) is 0 Å². The lowest BCUT2D eigenvalue weighted by atomic mass is 10.2. The van der Waals surface area contributed by atoms with Crippen LogP contribution in [0.2, 0.25) is 10.0 Å². The van der Waals surface area contributed by atoms with Crippen LogP contribution >= 0.6 is 23.2 Å². The van der Waals surface area contributed by atoms with Crippen molar-refractivity contribution in [1.82, 2.24) is 5.43 Å². The van der Waals surface area contributed by atoms with E-state index in [-0.39, 0.29) is 0 Å². The van der Waals surface area contributed by atoms with Gasteiger partial charge in [0.2, 0.25) is 5.75 Å². The first-order chi connectivity index (χ1) is 12.0. The number of rotatable bonds is 6. The van der Waals surface area contributed by atoms with Gasteiger partial charge in [-0.3, -0.25) is 4.79 Å². The topological polar surface area (TPSA) is 69.2 Å². The Kier molecular flexibility index (Phi) is 6.50. The minimum Gasteiger partial charge on any atom is -0.493 e. The lowest BCUT2D eigenvalue weighted by molar-refractivity contribution is 0.0955. The lowest BCUT2D eigenvalue weighted by Crippen LogP contribution is -2.17. The molecule has 0 aliphatic carbocycles. The summed E-state index contributed by atoms with van der Waals surface area (Å²) in [6, 6.07) is 7.97. The van der Waals surface area contributed by atoms with Crippen molar-refractivity contribution in [3.05, 3.63) is 51.5 Å². The van der Waals surface area contributed by atoms with Crippen LogP contribution in [0.4, 0.5) is 0 Å². The summed E-state index contributed by atoms with van der Waals surface area (Å²) >= 11 is 11.7. The first kappa shape index (κ1) is 18.9. The molecular formula is C17H16Cl2N2O4. The number of halogens is 2. The number of carbonyl (C=O) groups is 1. The number of nitrogens with zero attached hydrogens (tertiary/aromatic N) is 1. The molecule has 8 heteroatoms. The number of nitrogens with one attached hydrogen (secondary N) is 1. The summed E-state index contributed by atoms with van der Waals surface area (Å²) in [7, 11) is 4.56. The number of hydrogen-bond acceptors (Lipinski definition) is 5. The van der Waals surface area contributed by atoms with Gasteiger partial charge >= 0.3 is 0 Å². The molecule has 2 rings (SSSR count). The molecule has 6 nitrogen and oxygen atoms in total. The van der Waals surface area contributed by atoms with Crippen molar-refractivity contribution in [2.75, 3.05) is 21.3 Å². The maximum Gasteiger partial charge on any atom is 0.271 e. The number of hydrogen-bond donors (Lipinski definition) is 1.